The number of carbonyl (C=O) groups is 1. The molecule has 1 aliphatic rings. The van der Waals surface area contributed by atoms with Gasteiger partial charge in [0.2, 0.25) is 0 Å². The molecule has 1 aromatic carbocycles. The molecule has 0 unspecified atom stereocenters. The van der Waals surface area contributed by atoms with E-state index in [0.717, 1.165) is 24.3 Å². The van der Waals surface area contributed by atoms with Crippen LogP contribution in [0.15, 0.2) is 30.3 Å². The fourth-order valence-electron chi connectivity index (χ4n) is 2.59. The molecule has 1 amide bonds. The molecule has 0 aromatic heterocycles. The van der Waals surface area contributed by atoms with Crippen LogP contribution in [-0.4, -0.2) is 61.4 Å². The molecular formula is C16H11F12NO4. The molecule has 1 saturated heterocycles. The highest BCUT2D eigenvalue weighted by molar-refractivity contribution is 5.94. The SMILES string of the molecule is O=C(NC(OC[C@H]1COC(C(F)(F)F)(C(F)(F)F)O1)(C(F)(F)F)C(F)(F)F)c1ccccc1. The van der Waals surface area contributed by atoms with Crippen molar-refractivity contribution in [1.82, 2.24) is 5.32 Å². The molecular weight excluding hydrogens is 498 g/mol. The smallest absolute Gasteiger partial charge is 0.338 e. The van der Waals surface area contributed by atoms with Crippen LogP contribution in [0.1, 0.15) is 10.4 Å². The van der Waals surface area contributed by atoms with Crippen LogP contribution in [0.3, 0.4) is 0 Å². The van der Waals surface area contributed by atoms with E-state index in [0.29, 0.717) is 5.32 Å². The molecule has 17 heteroatoms. The number of ether oxygens (including phenoxy) is 3. The van der Waals surface area contributed by atoms with Gasteiger partial charge in [-0.05, 0) is 12.1 Å². The van der Waals surface area contributed by atoms with Crippen LogP contribution in [-0.2, 0) is 14.2 Å². The van der Waals surface area contributed by atoms with E-state index in [9.17, 15) is 57.5 Å². The molecule has 1 heterocycles. The van der Waals surface area contributed by atoms with E-state index >= 15 is 0 Å². The summed E-state index contributed by atoms with van der Waals surface area (Å²) in [4.78, 5) is 12.0. The fraction of sp³-hybridized carbons (Fsp3) is 0.562. The van der Waals surface area contributed by atoms with E-state index in [1.807, 2.05) is 0 Å². The Kier molecular flexibility index (Phi) is 6.95. The Labute approximate surface area is 175 Å². The van der Waals surface area contributed by atoms with Crippen molar-refractivity contribution < 1.29 is 71.7 Å². The molecule has 0 bridgehead atoms. The van der Waals surface area contributed by atoms with Crippen LogP contribution in [0.25, 0.3) is 0 Å². The number of hydrogen-bond acceptors (Lipinski definition) is 4. The molecule has 33 heavy (non-hydrogen) atoms. The Morgan fingerprint density at radius 1 is 0.909 bits per heavy atom. The molecule has 1 atom stereocenters. The number of alkyl halides is 12. The second kappa shape index (κ2) is 8.50. The molecule has 1 N–H and O–H groups in total. The zero-order valence-corrected chi connectivity index (χ0v) is 15.5. The molecule has 0 saturated carbocycles. The van der Waals surface area contributed by atoms with Gasteiger partial charge in [-0.1, -0.05) is 18.2 Å². The van der Waals surface area contributed by atoms with Crippen LogP contribution >= 0.6 is 0 Å². The second-order valence-electron chi connectivity index (χ2n) is 6.47. The maximum atomic E-state index is 13.5. The summed E-state index contributed by atoms with van der Waals surface area (Å²) in [6.45, 7) is -3.85. The van der Waals surface area contributed by atoms with Gasteiger partial charge in [-0.15, -0.1) is 0 Å². The quantitative estimate of drug-likeness (QED) is 0.470. The van der Waals surface area contributed by atoms with Gasteiger partial charge in [0.25, 0.3) is 5.91 Å². The van der Waals surface area contributed by atoms with Crippen molar-refractivity contribution in [3.8, 4) is 0 Å². The van der Waals surface area contributed by atoms with Gasteiger partial charge in [-0.25, -0.2) is 0 Å². The Hall–Kier alpha value is -2.27. The molecule has 188 valence electrons. The van der Waals surface area contributed by atoms with Crippen molar-refractivity contribution in [1.29, 1.82) is 0 Å². The predicted molar refractivity (Wildman–Crippen MR) is 80.4 cm³/mol. The summed E-state index contributed by atoms with van der Waals surface area (Å²) in [6, 6.07) is 5.13. The first-order valence-corrected chi connectivity index (χ1v) is 8.37. The lowest BCUT2D eigenvalue weighted by atomic mass is 10.1. The number of amides is 1. The lowest BCUT2D eigenvalue weighted by Gasteiger charge is -2.38. The third kappa shape index (κ3) is 4.98. The number of rotatable bonds is 5. The average molecular weight is 509 g/mol. The normalized spacial score (nSPS) is 20.1. The summed E-state index contributed by atoms with van der Waals surface area (Å²) in [6.07, 6.45) is -28.2. The minimum Gasteiger partial charge on any atom is -0.338 e. The van der Waals surface area contributed by atoms with Crippen molar-refractivity contribution in [3.05, 3.63) is 35.9 Å². The van der Waals surface area contributed by atoms with E-state index in [-0.39, 0.29) is 0 Å². The first-order valence-electron chi connectivity index (χ1n) is 8.37. The van der Waals surface area contributed by atoms with Crippen molar-refractivity contribution in [2.24, 2.45) is 0 Å². The van der Waals surface area contributed by atoms with Gasteiger partial charge >= 0.3 is 36.2 Å². The number of benzene rings is 1. The lowest BCUT2D eigenvalue weighted by molar-refractivity contribution is -0.445. The van der Waals surface area contributed by atoms with Crippen molar-refractivity contribution in [2.45, 2.75) is 42.3 Å². The predicted octanol–water partition coefficient (Wildman–Crippen LogP) is 4.49. The van der Waals surface area contributed by atoms with Gasteiger partial charge in [0, 0.05) is 5.56 Å². The highest BCUT2D eigenvalue weighted by Crippen LogP contribution is 2.50. The van der Waals surface area contributed by atoms with Crippen LogP contribution < -0.4 is 5.32 Å². The third-order valence-corrected chi connectivity index (χ3v) is 4.16. The van der Waals surface area contributed by atoms with E-state index in [4.69, 9.17) is 0 Å². The Morgan fingerprint density at radius 2 is 1.39 bits per heavy atom. The zero-order chi connectivity index (χ0) is 25.5. The van der Waals surface area contributed by atoms with E-state index in [1.165, 1.54) is 6.07 Å². The molecule has 5 nitrogen and oxygen atoms in total. The monoisotopic (exact) mass is 509 g/mol. The van der Waals surface area contributed by atoms with Crippen LogP contribution in [0, 0.1) is 0 Å². The summed E-state index contributed by atoms with van der Waals surface area (Å²) >= 11 is 0. The molecule has 0 aliphatic carbocycles. The molecule has 1 aliphatic heterocycles. The molecule has 1 fully saturated rings. The molecule has 0 radical (unpaired) electrons. The fourth-order valence-corrected chi connectivity index (χ4v) is 2.59. The minimum absolute atomic E-state index is 0.580. The lowest BCUT2D eigenvalue weighted by Crippen LogP contribution is -2.69. The van der Waals surface area contributed by atoms with Crippen LogP contribution in [0.5, 0.6) is 0 Å². The highest BCUT2D eigenvalue weighted by atomic mass is 19.4. The third-order valence-electron chi connectivity index (χ3n) is 4.16. The zero-order valence-electron chi connectivity index (χ0n) is 15.5. The van der Waals surface area contributed by atoms with Crippen molar-refractivity contribution in [2.75, 3.05) is 13.2 Å². The van der Waals surface area contributed by atoms with Gasteiger partial charge in [-0.2, -0.15) is 52.7 Å². The Balaban J connectivity index is 2.34. The maximum absolute atomic E-state index is 13.5. The average Bonchev–Trinajstić information content (AvgIpc) is 3.09. The van der Waals surface area contributed by atoms with Gasteiger partial charge in [0.05, 0.1) is 13.2 Å². The molecule has 1 aromatic rings. The minimum atomic E-state index is -6.46. The van der Waals surface area contributed by atoms with Gasteiger partial charge in [-0.3, -0.25) is 4.79 Å². The number of nitrogens with one attached hydrogen (secondary N) is 1. The first-order chi connectivity index (χ1) is 14.8. The number of carbonyl (C=O) groups excluding carboxylic acids is 1. The van der Waals surface area contributed by atoms with Crippen LogP contribution in [0.2, 0.25) is 0 Å². The van der Waals surface area contributed by atoms with E-state index in [1.54, 1.807) is 0 Å². The second-order valence-corrected chi connectivity index (χ2v) is 6.47. The van der Waals surface area contributed by atoms with Crippen molar-refractivity contribution in [3.63, 3.8) is 0 Å². The summed E-state index contributed by atoms with van der Waals surface area (Å²) < 4.78 is 169. The summed E-state index contributed by atoms with van der Waals surface area (Å²) in [7, 11) is 0. The maximum Gasteiger partial charge on any atom is 0.453 e. The largest absolute Gasteiger partial charge is 0.453 e. The molecule has 2 rings (SSSR count). The number of halogens is 12. The van der Waals surface area contributed by atoms with Crippen LogP contribution in [0.4, 0.5) is 52.7 Å². The Bertz CT molecular complexity index is 803. The summed E-state index contributed by atoms with van der Waals surface area (Å²) in [5.74, 6) is -7.24. The van der Waals surface area contributed by atoms with E-state index < -0.39 is 67.0 Å². The first kappa shape index (κ1) is 27.0. The summed E-state index contributed by atoms with van der Waals surface area (Å²) in [5.41, 5.74) is -6.19. The standard InChI is InChI=1S/C16H11F12NO4/c17-13(18,19)11(14(20,21)22,29-10(30)8-4-2-1-3-5-8)31-6-9-7-32-12(33-9,15(23,24)25)16(26,27)28/h1-5,9H,6-7H2,(H,29,30)/t9-/m0/s1. The van der Waals surface area contributed by atoms with Gasteiger partial charge in [0.15, 0.2) is 0 Å². The summed E-state index contributed by atoms with van der Waals surface area (Å²) in [5, 5.41) is 0.580. The molecule has 0 spiro atoms. The van der Waals surface area contributed by atoms with Crippen molar-refractivity contribution >= 4 is 5.91 Å². The van der Waals surface area contributed by atoms with Gasteiger partial charge in [0.1, 0.15) is 6.10 Å². The number of hydrogen-bond donors (Lipinski definition) is 1. The Morgan fingerprint density at radius 3 is 1.79 bits per heavy atom. The highest BCUT2D eigenvalue weighted by Gasteiger charge is 2.78. The topological polar surface area (TPSA) is 56.8 Å². The van der Waals surface area contributed by atoms with E-state index in [2.05, 4.69) is 14.2 Å². The van der Waals surface area contributed by atoms with Gasteiger partial charge < -0.3 is 19.5 Å².